The molecule has 0 heterocycles. The molecular formula is C21H43N3O2. The van der Waals surface area contributed by atoms with Gasteiger partial charge in [0.05, 0.1) is 12.6 Å². The molecule has 0 spiro atoms. The Morgan fingerprint density at radius 1 is 1.04 bits per heavy atom. The summed E-state index contributed by atoms with van der Waals surface area (Å²) in [6, 6.07) is -0.522. The molecule has 2 atom stereocenters. The average molecular weight is 370 g/mol. The van der Waals surface area contributed by atoms with Gasteiger partial charge < -0.3 is 15.5 Å². The zero-order valence-electron chi connectivity index (χ0n) is 18.6. The van der Waals surface area contributed by atoms with Crippen LogP contribution in [0.3, 0.4) is 0 Å². The molecule has 26 heavy (non-hydrogen) atoms. The van der Waals surface area contributed by atoms with E-state index >= 15 is 0 Å². The Labute approximate surface area is 162 Å². The van der Waals surface area contributed by atoms with E-state index < -0.39 is 0 Å². The van der Waals surface area contributed by atoms with Crippen molar-refractivity contribution in [2.45, 2.75) is 79.8 Å². The van der Waals surface area contributed by atoms with Gasteiger partial charge in [0.1, 0.15) is 0 Å². The van der Waals surface area contributed by atoms with Gasteiger partial charge in [0, 0.05) is 31.8 Å². The highest BCUT2D eigenvalue weighted by atomic mass is 16.2. The predicted octanol–water partition coefficient (Wildman–Crippen LogP) is 3.68. The second kappa shape index (κ2) is 13.8. The lowest BCUT2D eigenvalue weighted by Gasteiger charge is -2.32. The van der Waals surface area contributed by atoms with Crippen LogP contribution in [0.2, 0.25) is 0 Å². The fourth-order valence-electron chi connectivity index (χ4n) is 2.40. The molecule has 0 aromatic carbocycles. The zero-order valence-corrected chi connectivity index (χ0v) is 18.6. The van der Waals surface area contributed by atoms with Crippen molar-refractivity contribution >= 4 is 11.7 Å². The number of carbonyl (C=O) groups excluding carboxylic acids is 2. The molecule has 2 N–H and O–H groups in total. The minimum atomic E-state index is -0.371. The number of likely N-dealkylation sites (N-methyl/N-ethyl adjacent to an activating group) is 2. The van der Waals surface area contributed by atoms with Gasteiger partial charge in [0.15, 0.2) is 5.78 Å². The first-order valence-corrected chi connectivity index (χ1v) is 9.89. The first-order chi connectivity index (χ1) is 11.9. The van der Waals surface area contributed by atoms with Crippen LogP contribution < -0.4 is 5.73 Å². The fraction of sp³-hybridized carbons (Fsp3) is 0.810. The summed E-state index contributed by atoms with van der Waals surface area (Å²) in [5.41, 5.74) is 6.70. The maximum absolute atomic E-state index is 12.6. The van der Waals surface area contributed by atoms with Gasteiger partial charge in [0.2, 0.25) is 5.91 Å². The van der Waals surface area contributed by atoms with Crippen molar-refractivity contribution in [3.63, 3.8) is 0 Å². The van der Waals surface area contributed by atoms with E-state index in [0.717, 1.165) is 12.1 Å². The standard InChI is InChI=1S/C18H35N3O2.C3H8/c1-9-15(19)14(6)20(7)11-17(22)21(8)16(10-12(2)3)18(23)13(4)5;1-3-2/h12-13,15-16H,6,9-11,19H2,1-5,7-8H3;3H2,1-2H3. The molecule has 0 aliphatic rings. The molecular weight excluding hydrogens is 326 g/mol. The summed E-state index contributed by atoms with van der Waals surface area (Å²) in [4.78, 5) is 28.4. The number of nitrogens with two attached hydrogens (primary N) is 1. The van der Waals surface area contributed by atoms with Crippen LogP contribution in [0.1, 0.15) is 67.7 Å². The van der Waals surface area contributed by atoms with Crippen LogP contribution in [0, 0.1) is 11.8 Å². The molecule has 0 aliphatic heterocycles. The maximum atomic E-state index is 12.6. The monoisotopic (exact) mass is 369 g/mol. The third-order valence-electron chi connectivity index (χ3n) is 4.18. The van der Waals surface area contributed by atoms with Gasteiger partial charge in [0.25, 0.3) is 0 Å². The van der Waals surface area contributed by atoms with Crippen LogP contribution in [0.15, 0.2) is 12.3 Å². The molecule has 5 heteroatoms. The Balaban J connectivity index is 0. The number of Topliss-reactive ketones (excluding diaryl/α,β-unsaturated/α-hetero) is 1. The van der Waals surface area contributed by atoms with Crippen molar-refractivity contribution in [2.75, 3.05) is 20.6 Å². The van der Waals surface area contributed by atoms with Crippen molar-refractivity contribution in [3.8, 4) is 0 Å². The molecule has 2 unspecified atom stereocenters. The number of amides is 1. The molecule has 0 saturated heterocycles. The summed E-state index contributed by atoms with van der Waals surface area (Å²) < 4.78 is 0. The Hall–Kier alpha value is -1.36. The van der Waals surface area contributed by atoms with E-state index in [4.69, 9.17) is 5.73 Å². The van der Waals surface area contributed by atoms with Crippen molar-refractivity contribution in [1.82, 2.24) is 9.80 Å². The summed E-state index contributed by atoms with van der Waals surface area (Å²) in [6.07, 6.45) is 2.70. The quantitative estimate of drug-likeness (QED) is 0.638. The Morgan fingerprint density at radius 3 is 1.85 bits per heavy atom. The van der Waals surface area contributed by atoms with Gasteiger partial charge in [-0.05, 0) is 18.8 Å². The van der Waals surface area contributed by atoms with E-state index in [1.807, 2.05) is 27.8 Å². The number of ketones is 1. The minimum Gasteiger partial charge on any atom is -0.368 e. The fourth-order valence-corrected chi connectivity index (χ4v) is 2.40. The second-order valence-corrected chi connectivity index (χ2v) is 7.78. The Bertz CT molecular complexity index is 433. The molecule has 1 amide bonds. The third-order valence-corrected chi connectivity index (χ3v) is 4.18. The van der Waals surface area contributed by atoms with Crippen LogP contribution in [0.5, 0.6) is 0 Å². The van der Waals surface area contributed by atoms with Crippen molar-refractivity contribution in [1.29, 1.82) is 0 Å². The van der Waals surface area contributed by atoms with E-state index in [-0.39, 0.29) is 36.2 Å². The molecule has 5 nitrogen and oxygen atoms in total. The molecule has 0 fully saturated rings. The van der Waals surface area contributed by atoms with E-state index in [0.29, 0.717) is 12.3 Å². The van der Waals surface area contributed by atoms with Gasteiger partial charge in [-0.3, -0.25) is 9.59 Å². The largest absolute Gasteiger partial charge is 0.368 e. The normalized spacial score (nSPS) is 12.9. The molecule has 0 rings (SSSR count). The molecule has 0 saturated carbocycles. The maximum Gasteiger partial charge on any atom is 0.242 e. The van der Waals surface area contributed by atoms with Crippen molar-refractivity contribution in [2.24, 2.45) is 17.6 Å². The lowest BCUT2D eigenvalue weighted by molar-refractivity contribution is -0.140. The number of rotatable bonds is 10. The summed E-state index contributed by atoms with van der Waals surface area (Å²) in [6.45, 7) is 18.3. The van der Waals surface area contributed by atoms with E-state index in [9.17, 15) is 9.59 Å². The predicted molar refractivity (Wildman–Crippen MR) is 112 cm³/mol. The first-order valence-electron chi connectivity index (χ1n) is 9.89. The second-order valence-electron chi connectivity index (χ2n) is 7.78. The first kappa shape index (κ1) is 26.9. The zero-order chi connectivity index (χ0) is 21.0. The SMILES string of the molecule is C=C(C(N)CC)N(C)CC(=O)N(C)C(CC(C)C)C(=O)C(C)C.CCC. The van der Waals surface area contributed by atoms with Crippen LogP contribution in [0.25, 0.3) is 0 Å². The summed E-state index contributed by atoms with van der Waals surface area (Å²) in [5.74, 6) is 0.284. The highest BCUT2D eigenvalue weighted by Crippen LogP contribution is 2.16. The number of hydrogen-bond donors (Lipinski definition) is 1. The van der Waals surface area contributed by atoms with Crippen LogP contribution in [-0.4, -0.2) is 54.2 Å². The molecule has 154 valence electrons. The van der Waals surface area contributed by atoms with Gasteiger partial charge in [-0.1, -0.05) is 61.5 Å². The lowest BCUT2D eigenvalue weighted by atomic mass is 9.93. The number of nitrogens with zero attached hydrogens (tertiary/aromatic N) is 2. The van der Waals surface area contributed by atoms with E-state index in [1.165, 1.54) is 6.42 Å². The average Bonchev–Trinajstić information content (AvgIpc) is 2.57. The van der Waals surface area contributed by atoms with E-state index in [1.54, 1.807) is 16.8 Å². The van der Waals surface area contributed by atoms with Crippen LogP contribution in [-0.2, 0) is 9.59 Å². The van der Waals surface area contributed by atoms with E-state index in [2.05, 4.69) is 34.3 Å². The molecule has 0 aromatic rings. The highest BCUT2D eigenvalue weighted by Gasteiger charge is 2.29. The lowest BCUT2D eigenvalue weighted by Crippen LogP contribution is -2.48. The molecule has 0 radical (unpaired) electrons. The molecule has 0 aromatic heterocycles. The number of carbonyl (C=O) groups is 2. The third kappa shape index (κ3) is 9.95. The summed E-state index contributed by atoms with van der Waals surface area (Å²) in [5, 5.41) is 0. The smallest absolute Gasteiger partial charge is 0.242 e. The van der Waals surface area contributed by atoms with Gasteiger partial charge >= 0.3 is 0 Å². The van der Waals surface area contributed by atoms with Crippen LogP contribution in [0.4, 0.5) is 0 Å². The molecule has 0 bridgehead atoms. The topological polar surface area (TPSA) is 66.6 Å². The van der Waals surface area contributed by atoms with Gasteiger partial charge in [-0.15, -0.1) is 0 Å². The van der Waals surface area contributed by atoms with Crippen LogP contribution >= 0.6 is 0 Å². The number of hydrogen-bond acceptors (Lipinski definition) is 4. The summed E-state index contributed by atoms with van der Waals surface area (Å²) >= 11 is 0. The van der Waals surface area contributed by atoms with Gasteiger partial charge in [-0.2, -0.15) is 0 Å². The van der Waals surface area contributed by atoms with Gasteiger partial charge in [-0.25, -0.2) is 0 Å². The Morgan fingerprint density at radius 2 is 1.50 bits per heavy atom. The van der Waals surface area contributed by atoms with Crippen molar-refractivity contribution < 1.29 is 9.59 Å². The summed E-state index contributed by atoms with van der Waals surface area (Å²) in [7, 11) is 3.53. The molecule has 0 aliphatic carbocycles. The minimum absolute atomic E-state index is 0.0865. The van der Waals surface area contributed by atoms with Crippen molar-refractivity contribution in [3.05, 3.63) is 12.3 Å². The highest BCUT2D eigenvalue weighted by molar-refractivity contribution is 5.90. The Kier molecular flexibility index (Phi) is 14.3.